The van der Waals surface area contributed by atoms with E-state index in [1.54, 1.807) is 12.0 Å². The van der Waals surface area contributed by atoms with Crippen molar-refractivity contribution in [3.8, 4) is 0 Å². The zero-order valence-corrected chi connectivity index (χ0v) is 8.25. The molecule has 1 fully saturated rings. The van der Waals surface area contributed by atoms with E-state index in [9.17, 15) is 4.79 Å². The minimum absolute atomic E-state index is 0.145. The second-order valence-corrected chi connectivity index (χ2v) is 3.58. The number of fused-ring (bicyclic) bond motifs is 1. The third kappa shape index (κ3) is 1.38. The van der Waals surface area contributed by atoms with Gasteiger partial charge in [-0.2, -0.15) is 0 Å². The number of ether oxygens (including phenoxy) is 1. The Labute approximate surface area is 82.9 Å². The van der Waals surface area contributed by atoms with E-state index in [1.807, 2.05) is 0 Å². The van der Waals surface area contributed by atoms with E-state index in [4.69, 9.17) is 10.5 Å². The Morgan fingerprint density at radius 3 is 3.21 bits per heavy atom. The number of rotatable bonds is 3. The lowest BCUT2D eigenvalue weighted by atomic mass is 10.1. The third-order valence-electron chi connectivity index (χ3n) is 2.64. The molecule has 5 heteroatoms. The molecular formula is C9H15N3O2. The highest BCUT2D eigenvalue weighted by Crippen LogP contribution is 2.26. The Kier molecular flexibility index (Phi) is 2.43. The van der Waals surface area contributed by atoms with Crippen molar-refractivity contribution in [1.29, 1.82) is 0 Å². The van der Waals surface area contributed by atoms with Crippen LogP contribution in [0.25, 0.3) is 0 Å². The maximum atomic E-state index is 11.5. The normalized spacial score (nSPS) is 22.7. The topological polar surface area (TPSA) is 67.6 Å². The van der Waals surface area contributed by atoms with Crippen LogP contribution in [0, 0.1) is 0 Å². The Morgan fingerprint density at radius 2 is 2.50 bits per heavy atom. The first-order valence-corrected chi connectivity index (χ1v) is 4.76. The van der Waals surface area contributed by atoms with Gasteiger partial charge in [-0.05, 0) is 5.57 Å². The molecule has 1 amide bonds. The summed E-state index contributed by atoms with van der Waals surface area (Å²) >= 11 is 0. The first kappa shape index (κ1) is 9.48. The molecule has 2 rings (SSSR count). The predicted molar refractivity (Wildman–Crippen MR) is 51.2 cm³/mol. The van der Waals surface area contributed by atoms with Crippen molar-refractivity contribution < 1.29 is 9.53 Å². The lowest BCUT2D eigenvalue weighted by Gasteiger charge is -2.13. The standard InChI is InChI=1S/C9H15N3O2/c1-14-5-7(10)6-4-8(13)12-3-2-11-9(6)12/h7,11H,2-5,10H2,1H3. The van der Waals surface area contributed by atoms with Crippen molar-refractivity contribution in [2.75, 3.05) is 26.8 Å². The number of nitrogens with one attached hydrogen (secondary N) is 1. The summed E-state index contributed by atoms with van der Waals surface area (Å²) in [5, 5.41) is 3.19. The van der Waals surface area contributed by atoms with Crippen molar-refractivity contribution in [1.82, 2.24) is 10.2 Å². The van der Waals surface area contributed by atoms with Crippen LogP contribution in [-0.2, 0) is 9.53 Å². The highest BCUT2D eigenvalue weighted by atomic mass is 16.5. The van der Waals surface area contributed by atoms with Crippen LogP contribution in [0.2, 0.25) is 0 Å². The van der Waals surface area contributed by atoms with Gasteiger partial charge < -0.3 is 15.8 Å². The van der Waals surface area contributed by atoms with Crippen LogP contribution in [-0.4, -0.2) is 43.7 Å². The lowest BCUT2D eigenvalue weighted by molar-refractivity contribution is -0.126. The molecule has 1 atom stereocenters. The highest BCUT2D eigenvalue weighted by molar-refractivity contribution is 5.85. The summed E-state index contributed by atoms with van der Waals surface area (Å²) in [5.74, 6) is 1.06. The zero-order valence-electron chi connectivity index (χ0n) is 8.25. The fourth-order valence-electron chi connectivity index (χ4n) is 1.96. The van der Waals surface area contributed by atoms with Crippen molar-refractivity contribution in [3.63, 3.8) is 0 Å². The van der Waals surface area contributed by atoms with Gasteiger partial charge in [0.1, 0.15) is 5.82 Å². The molecule has 0 spiro atoms. The highest BCUT2D eigenvalue weighted by Gasteiger charge is 2.35. The van der Waals surface area contributed by atoms with E-state index in [2.05, 4.69) is 5.32 Å². The predicted octanol–water partition coefficient (Wildman–Crippen LogP) is -0.993. The average Bonchev–Trinajstić information content (AvgIpc) is 2.70. The summed E-state index contributed by atoms with van der Waals surface area (Å²) in [4.78, 5) is 13.3. The molecule has 0 aromatic rings. The first-order chi connectivity index (χ1) is 6.74. The number of hydrogen-bond donors (Lipinski definition) is 2. The van der Waals surface area contributed by atoms with Gasteiger partial charge in [-0.1, -0.05) is 0 Å². The molecule has 3 N–H and O–H groups in total. The number of nitrogens with two attached hydrogens (primary N) is 1. The summed E-state index contributed by atoms with van der Waals surface area (Å²) in [6, 6.07) is -0.172. The van der Waals surface area contributed by atoms with Gasteiger partial charge in [0.15, 0.2) is 0 Å². The molecule has 2 heterocycles. The van der Waals surface area contributed by atoms with Crippen LogP contribution >= 0.6 is 0 Å². The monoisotopic (exact) mass is 197 g/mol. The van der Waals surface area contributed by atoms with E-state index in [-0.39, 0.29) is 11.9 Å². The van der Waals surface area contributed by atoms with Crippen molar-refractivity contribution in [2.45, 2.75) is 12.5 Å². The SMILES string of the molecule is COCC(N)C1=C2NCCN2C(=O)C1. The molecule has 5 nitrogen and oxygen atoms in total. The van der Waals surface area contributed by atoms with Gasteiger partial charge in [0.05, 0.1) is 19.1 Å². The quantitative estimate of drug-likeness (QED) is 0.609. The summed E-state index contributed by atoms with van der Waals surface area (Å²) in [6.07, 6.45) is 0.437. The maximum Gasteiger partial charge on any atom is 0.232 e. The second-order valence-electron chi connectivity index (χ2n) is 3.58. The van der Waals surface area contributed by atoms with Gasteiger partial charge >= 0.3 is 0 Å². The van der Waals surface area contributed by atoms with E-state index in [0.29, 0.717) is 13.0 Å². The fourth-order valence-corrected chi connectivity index (χ4v) is 1.96. The van der Waals surface area contributed by atoms with Gasteiger partial charge in [0, 0.05) is 20.2 Å². The Hall–Kier alpha value is -1.07. The maximum absolute atomic E-state index is 11.5. The van der Waals surface area contributed by atoms with Crippen LogP contribution in [0.15, 0.2) is 11.4 Å². The van der Waals surface area contributed by atoms with Crippen LogP contribution in [0.5, 0.6) is 0 Å². The van der Waals surface area contributed by atoms with E-state index in [0.717, 1.165) is 24.5 Å². The number of carbonyl (C=O) groups is 1. The lowest BCUT2D eigenvalue weighted by Crippen LogP contribution is -2.29. The summed E-state index contributed by atoms with van der Waals surface area (Å²) in [7, 11) is 1.61. The number of carbonyl (C=O) groups excluding carboxylic acids is 1. The van der Waals surface area contributed by atoms with Crippen LogP contribution < -0.4 is 11.1 Å². The van der Waals surface area contributed by atoms with Gasteiger partial charge in [-0.3, -0.25) is 9.69 Å². The fraction of sp³-hybridized carbons (Fsp3) is 0.667. The summed E-state index contributed by atoms with van der Waals surface area (Å²) in [5.41, 5.74) is 6.89. The molecule has 14 heavy (non-hydrogen) atoms. The van der Waals surface area contributed by atoms with Crippen LogP contribution in [0.1, 0.15) is 6.42 Å². The minimum atomic E-state index is -0.172. The smallest absolute Gasteiger partial charge is 0.232 e. The average molecular weight is 197 g/mol. The second kappa shape index (κ2) is 3.59. The van der Waals surface area contributed by atoms with Gasteiger partial charge in [-0.15, -0.1) is 0 Å². The van der Waals surface area contributed by atoms with E-state index < -0.39 is 0 Å². The van der Waals surface area contributed by atoms with Gasteiger partial charge in [-0.25, -0.2) is 0 Å². The molecule has 0 aliphatic carbocycles. The Morgan fingerprint density at radius 1 is 1.71 bits per heavy atom. The molecule has 0 saturated carbocycles. The Bertz CT molecular complexity index is 288. The van der Waals surface area contributed by atoms with Crippen LogP contribution in [0.4, 0.5) is 0 Å². The van der Waals surface area contributed by atoms with Crippen molar-refractivity contribution >= 4 is 5.91 Å². The zero-order chi connectivity index (χ0) is 10.1. The summed E-state index contributed by atoms with van der Waals surface area (Å²) < 4.78 is 4.98. The summed E-state index contributed by atoms with van der Waals surface area (Å²) in [6.45, 7) is 2.04. The molecule has 0 bridgehead atoms. The number of hydrogen-bond acceptors (Lipinski definition) is 4. The molecule has 0 aromatic carbocycles. The molecular weight excluding hydrogens is 182 g/mol. The molecule has 1 saturated heterocycles. The van der Waals surface area contributed by atoms with Gasteiger partial charge in [0.2, 0.25) is 5.91 Å². The Balaban J connectivity index is 2.17. The molecule has 0 aromatic heterocycles. The largest absolute Gasteiger partial charge is 0.383 e. The molecule has 0 radical (unpaired) electrons. The number of nitrogens with zero attached hydrogens (tertiary/aromatic N) is 1. The first-order valence-electron chi connectivity index (χ1n) is 4.76. The van der Waals surface area contributed by atoms with Crippen molar-refractivity contribution in [3.05, 3.63) is 11.4 Å². The minimum Gasteiger partial charge on any atom is -0.383 e. The molecule has 2 aliphatic heterocycles. The molecule has 2 aliphatic rings. The van der Waals surface area contributed by atoms with E-state index in [1.165, 1.54) is 0 Å². The molecule has 78 valence electrons. The number of amides is 1. The van der Waals surface area contributed by atoms with E-state index >= 15 is 0 Å². The third-order valence-corrected chi connectivity index (χ3v) is 2.64. The molecule has 1 unspecified atom stereocenters. The number of methoxy groups -OCH3 is 1. The van der Waals surface area contributed by atoms with Gasteiger partial charge in [0.25, 0.3) is 0 Å². The van der Waals surface area contributed by atoms with Crippen LogP contribution in [0.3, 0.4) is 0 Å². The van der Waals surface area contributed by atoms with Crippen molar-refractivity contribution in [2.24, 2.45) is 5.73 Å².